The number of aryl methyl sites for hydroxylation is 1. The van der Waals surface area contributed by atoms with Crippen LogP contribution in [0.25, 0.3) is 11.3 Å². The molecule has 2 amide bonds. The van der Waals surface area contributed by atoms with E-state index in [0.29, 0.717) is 53.3 Å². The molecule has 2 heterocycles. The van der Waals surface area contributed by atoms with Crippen LogP contribution in [0.2, 0.25) is 5.02 Å². The number of piperidine rings is 1. The fourth-order valence-electron chi connectivity index (χ4n) is 4.42. The quantitative estimate of drug-likeness (QED) is 0.395. The molecule has 1 fully saturated rings. The third-order valence-corrected chi connectivity index (χ3v) is 6.79. The number of carbonyl (C=O) groups is 2. The molecule has 3 aromatic rings. The fraction of sp³-hybridized carbons (Fsp3) is 0.357. The first kappa shape index (κ1) is 28.4. The lowest BCUT2D eigenvalue weighted by atomic mass is 9.99. The highest BCUT2D eigenvalue weighted by Gasteiger charge is 2.26. The zero-order chi connectivity index (χ0) is 28.0. The van der Waals surface area contributed by atoms with Gasteiger partial charge in [0.15, 0.2) is 0 Å². The minimum Gasteiger partial charge on any atom is -0.356 e. The molecular formula is C28H28ClF3N4O3. The Morgan fingerprint density at radius 1 is 1.13 bits per heavy atom. The van der Waals surface area contributed by atoms with Gasteiger partial charge in [0, 0.05) is 54.6 Å². The molecule has 1 aliphatic rings. The summed E-state index contributed by atoms with van der Waals surface area (Å²) in [5, 5.41) is 6.17. The van der Waals surface area contributed by atoms with E-state index in [1.54, 1.807) is 48.5 Å². The maximum absolute atomic E-state index is 13.2. The van der Waals surface area contributed by atoms with Gasteiger partial charge >= 0.3 is 6.18 Å². The van der Waals surface area contributed by atoms with E-state index in [1.807, 2.05) is 0 Å². The van der Waals surface area contributed by atoms with Crippen LogP contribution in [-0.2, 0) is 17.8 Å². The normalized spacial score (nSPS) is 15.6. The minimum absolute atomic E-state index is 0.00832. The van der Waals surface area contributed by atoms with Gasteiger partial charge in [-0.15, -0.1) is 0 Å². The van der Waals surface area contributed by atoms with E-state index in [2.05, 4.69) is 15.6 Å². The van der Waals surface area contributed by atoms with Crippen molar-refractivity contribution in [2.24, 2.45) is 5.92 Å². The van der Waals surface area contributed by atoms with Crippen LogP contribution in [0.3, 0.4) is 0 Å². The molecule has 1 atom stereocenters. The Morgan fingerprint density at radius 3 is 2.59 bits per heavy atom. The molecular weight excluding hydrogens is 533 g/mol. The first-order valence-electron chi connectivity index (χ1n) is 12.6. The van der Waals surface area contributed by atoms with Gasteiger partial charge in [-0.25, -0.2) is 4.98 Å². The summed E-state index contributed by atoms with van der Waals surface area (Å²) in [5.41, 5.74) is 1.59. The summed E-state index contributed by atoms with van der Waals surface area (Å²) in [7, 11) is 0. The van der Waals surface area contributed by atoms with Crippen LogP contribution in [0.5, 0.6) is 0 Å². The summed E-state index contributed by atoms with van der Waals surface area (Å²) in [5.74, 6) is 0.0977. The van der Waals surface area contributed by atoms with Gasteiger partial charge in [-0.1, -0.05) is 35.9 Å². The van der Waals surface area contributed by atoms with Crippen molar-refractivity contribution in [3.8, 4) is 11.3 Å². The second kappa shape index (κ2) is 12.5. The van der Waals surface area contributed by atoms with E-state index in [9.17, 15) is 27.6 Å². The molecule has 0 radical (unpaired) electrons. The molecule has 0 spiro atoms. The van der Waals surface area contributed by atoms with Gasteiger partial charge in [0.05, 0.1) is 12.2 Å². The van der Waals surface area contributed by atoms with E-state index in [-0.39, 0.29) is 42.9 Å². The molecule has 1 unspecified atom stereocenters. The van der Waals surface area contributed by atoms with Crippen molar-refractivity contribution in [2.75, 3.05) is 13.1 Å². The predicted octanol–water partition coefficient (Wildman–Crippen LogP) is 4.75. The second-order valence-corrected chi connectivity index (χ2v) is 10.0. The van der Waals surface area contributed by atoms with Crippen molar-refractivity contribution in [1.82, 2.24) is 20.2 Å². The monoisotopic (exact) mass is 560 g/mol. The summed E-state index contributed by atoms with van der Waals surface area (Å²) in [6.45, 7) is 0.976. The topological polar surface area (TPSA) is 93.1 Å². The highest BCUT2D eigenvalue weighted by Crippen LogP contribution is 2.24. The van der Waals surface area contributed by atoms with Crippen LogP contribution in [0.1, 0.15) is 47.4 Å². The molecule has 206 valence electrons. The fourth-order valence-corrected chi connectivity index (χ4v) is 4.55. The lowest BCUT2D eigenvalue weighted by Gasteiger charge is -2.22. The Balaban J connectivity index is 1.54. The maximum atomic E-state index is 13.2. The van der Waals surface area contributed by atoms with Crippen molar-refractivity contribution < 1.29 is 22.8 Å². The molecule has 1 aromatic heterocycles. The molecule has 0 saturated carbocycles. The van der Waals surface area contributed by atoms with E-state index < -0.39 is 18.2 Å². The van der Waals surface area contributed by atoms with Gasteiger partial charge in [-0.2, -0.15) is 13.2 Å². The van der Waals surface area contributed by atoms with Crippen LogP contribution < -0.4 is 16.2 Å². The van der Waals surface area contributed by atoms with Gasteiger partial charge in [0.2, 0.25) is 5.91 Å². The molecule has 7 nitrogen and oxygen atoms in total. The summed E-state index contributed by atoms with van der Waals surface area (Å²) in [4.78, 5) is 41.8. The largest absolute Gasteiger partial charge is 0.389 e. The van der Waals surface area contributed by atoms with E-state index in [1.165, 1.54) is 10.6 Å². The van der Waals surface area contributed by atoms with Crippen LogP contribution in [0, 0.1) is 5.92 Å². The summed E-state index contributed by atoms with van der Waals surface area (Å²) < 4.78 is 39.8. The van der Waals surface area contributed by atoms with Crippen molar-refractivity contribution >= 4 is 23.4 Å². The summed E-state index contributed by atoms with van der Waals surface area (Å²) in [6.07, 6.45) is -4.44. The number of amides is 2. The third-order valence-electron chi connectivity index (χ3n) is 6.54. The smallest absolute Gasteiger partial charge is 0.356 e. The van der Waals surface area contributed by atoms with Gasteiger partial charge in [-0.3, -0.25) is 19.0 Å². The SMILES string of the molecule is O=C1CCC(CNC(=O)c2cccc(Cn3c(CCCC(F)(F)F)nc(-c4ccc(Cl)cc4)cc3=O)c2)CN1. The Morgan fingerprint density at radius 2 is 1.90 bits per heavy atom. The highest BCUT2D eigenvalue weighted by molar-refractivity contribution is 6.30. The number of carbonyl (C=O) groups excluding carboxylic acids is 2. The number of benzene rings is 2. The van der Waals surface area contributed by atoms with Crippen LogP contribution in [-0.4, -0.2) is 40.6 Å². The highest BCUT2D eigenvalue weighted by atomic mass is 35.5. The number of aromatic nitrogens is 2. The molecule has 2 aromatic carbocycles. The van der Waals surface area contributed by atoms with Crippen molar-refractivity contribution in [1.29, 1.82) is 0 Å². The number of rotatable bonds is 9. The number of nitrogens with zero attached hydrogens (tertiary/aromatic N) is 2. The standard InChI is InChI=1S/C28H28ClF3N4O3/c29-22-9-7-20(8-10-22)23-14-26(38)36(24(35-23)5-2-12-28(30,31)32)17-18-3-1-4-21(13-18)27(39)34-16-19-6-11-25(37)33-15-19/h1,3-4,7-10,13-14,19H,2,5-6,11-12,15-17H2,(H,33,37)(H,34,39). The average molecular weight is 561 g/mol. The van der Waals surface area contributed by atoms with Gasteiger partial charge in [-0.05, 0) is 48.6 Å². The summed E-state index contributed by atoms with van der Waals surface area (Å²) >= 11 is 5.95. The molecule has 2 N–H and O–H groups in total. The lowest BCUT2D eigenvalue weighted by Crippen LogP contribution is -2.40. The number of hydrogen-bond donors (Lipinski definition) is 2. The lowest BCUT2D eigenvalue weighted by molar-refractivity contribution is -0.135. The minimum atomic E-state index is -4.32. The maximum Gasteiger partial charge on any atom is 0.389 e. The summed E-state index contributed by atoms with van der Waals surface area (Å²) in [6, 6.07) is 14.8. The molecule has 11 heteroatoms. The molecule has 39 heavy (non-hydrogen) atoms. The number of nitrogens with one attached hydrogen (secondary N) is 2. The Bertz CT molecular complexity index is 1380. The van der Waals surface area contributed by atoms with Crippen LogP contribution >= 0.6 is 11.6 Å². The van der Waals surface area contributed by atoms with Crippen LogP contribution in [0.15, 0.2) is 59.4 Å². The van der Waals surface area contributed by atoms with Gasteiger partial charge in [0.1, 0.15) is 5.82 Å². The van der Waals surface area contributed by atoms with Crippen molar-refractivity contribution in [2.45, 2.75) is 44.8 Å². The van der Waals surface area contributed by atoms with Crippen molar-refractivity contribution in [3.05, 3.63) is 86.9 Å². The Labute approximate surface area is 228 Å². The number of hydrogen-bond acceptors (Lipinski definition) is 4. The molecule has 1 saturated heterocycles. The molecule has 1 aliphatic heterocycles. The van der Waals surface area contributed by atoms with Gasteiger partial charge < -0.3 is 10.6 Å². The number of alkyl halides is 3. The zero-order valence-electron chi connectivity index (χ0n) is 21.1. The zero-order valence-corrected chi connectivity index (χ0v) is 21.8. The van der Waals surface area contributed by atoms with Crippen LogP contribution in [0.4, 0.5) is 13.2 Å². The average Bonchev–Trinajstić information content (AvgIpc) is 2.90. The second-order valence-electron chi connectivity index (χ2n) is 9.58. The third kappa shape index (κ3) is 8.16. The molecule has 0 aliphatic carbocycles. The van der Waals surface area contributed by atoms with E-state index >= 15 is 0 Å². The number of halogens is 4. The molecule has 4 rings (SSSR count). The van der Waals surface area contributed by atoms with Crippen molar-refractivity contribution in [3.63, 3.8) is 0 Å². The first-order valence-corrected chi connectivity index (χ1v) is 13.0. The Kier molecular flexibility index (Phi) is 9.06. The van der Waals surface area contributed by atoms with Gasteiger partial charge in [0.25, 0.3) is 11.5 Å². The first-order chi connectivity index (χ1) is 18.6. The molecule has 0 bridgehead atoms. The Hall–Kier alpha value is -3.66. The predicted molar refractivity (Wildman–Crippen MR) is 142 cm³/mol. The van der Waals surface area contributed by atoms with E-state index in [0.717, 1.165) is 0 Å². The van der Waals surface area contributed by atoms with E-state index in [4.69, 9.17) is 11.6 Å².